The molecule has 64 heavy (non-hydrogen) atoms. The average Bonchev–Trinajstić information content (AvgIpc) is 3.86. The summed E-state index contributed by atoms with van der Waals surface area (Å²) in [6.07, 6.45) is 0. The van der Waals surface area contributed by atoms with Crippen LogP contribution in [-0.4, -0.2) is 19.5 Å². The van der Waals surface area contributed by atoms with Gasteiger partial charge in [0.15, 0.2) is 17.5 Å². The molecule has 3 heterocycles. The third kappa shape index (κ3) is 6.94. The molecule has 3 aromatic heterocycles. The van der Waals surface area contributed by atoms with Crippen molar-refractivity contribution in [3.05, 3.63) is 193 Å². The van der Waals surface area contributed by atoms with Gasteiger partial charge in [-0.1, -0.05) is 169 Å². The van der Waals surface area contributed by atoms with Crippen molar-refractivity contribution in [2.45, 2.75) is 52.4 Å². The third-order valence-electron chi connectivity index (χ3n) is 12.5. The fourth-order valence-corrected chi connectivity index (χ4v) is 9.05. The first-order valence-electron chi connectivity index (χ1n) is 22.1. The quantitative estimate of drug-likeness (QED) is 0.168. The lowest BCUT2D eigenvalue weighted by atomic mass is 9.80. The highest BCUT2D eigenvalue weighted by Crippen LogP contribution is 2.42. The van der Waals surface area contributed by atoms with Crippen molar-refractivity contribution in [1.29, 1.82) is 0 Å². The van der Waals surface area contributed by atoms with Crippen molar-refractivity contribution in [3.8, 4) is 62.1 Å². The Morgan fingerprint density at radius 3 is 1.56 bits per heavy atom. The summed E-state index contributed by atoms with van der Waals surface area (Å²) < 4.78 is 9.01. The molecule has 0 aliphatic rings. The molecule has 0 saturated carbocycles. The highest BCUT2D eigenvalue weighted by Gasteiger charge is 2.23. The summed E-state index contributed by atoms with van der Waals surface area (Å²) in [5.74, 6) is 1.89. The highest BCUT2D eigenvalue weighted by molar-refractivity contribution is 6.14. The van der Waals surface area contributed by atoms with E-state index < -0.39 is 0 Å². The van der Waals surface area contributed by atoms with Crippen LogP contribution < -0.4 is 0 Å². The average molecular weight is 829 g/mol. The van der Waals surface area contributed by atoms with E-state index in [2.05, 4.69) is 167 Å². The molecule has 0 aliphatic heterocycles. The van der Waals surface area contributed by atoms with Gasteiger partial charge in [-0.2, -0.15) is 0 Å². The Bertz CT molecular complexity index is 3480. The van der Waals surface area contributed by atoms with Crippen LogP contribution in [0, 0.1) is 0 Å². The van der Waals surface area contributed by atoms with Gasteiger partial charge in [0.1, 0.15) is 11.2 Å². The summed E-state index contributed by atoms with van der Waals surface area (Å²) in [7, 11) is 0. The molecule has 0 spiro atoms. The van der Waals surface area contributed by atoms with Gasteiger partial charge in [-0.25, -0.2) is 15.0 Å². The van der Waals surface area contributed by atoms with E-state index in [-0.39, 0.29) is 10.8 Å². The van der Waals surface area contributed by atoms with Gasteiger partial charge in [0.2, 0.25) is 0 Å². The van der Waals surface area contributed by atoms with Crippen molar-refractivity contribution in [3.63, 3.8) is 0 Å². The zero-order chi connectivity index (χ0) is 43.7. The molecule has 0 amide bonds. The largest absolute Gasteiger partial charge is 0.456 e. The van der Waals surface area contributed by atoms with Crippen molar-refractivity contribution >= 4 is 43.7 Å². The lowest BCUT2D eigenvalue weighted by Gasteiger charge is -2.26. The van der Waals surface area contributed by atoms with E-state index >= 15 is 0 Å². The molecule has 0 bridgehead atoms. The highest BCUT2D eigenvalue weighted by atomic mass is 16.3. The maximum absolute atomic E-state index is 6.56. The van der Waals surface area contributed by atoms with E-state index in [1.54, 1.807) is 0 Å². The van der Waals surface area contributed by atoms with E-state index in [4.69, 9.17) is 19.4 Å². The van der Waals surface area contributed by atoms with Crippen LogP contribution in [0.2, 0.25) is 0 Å². The molecule has 310 valence electrons. The first-order valence-corrected chi connectivity index (χ1v) is 22.1. The van der Waals surface area contributed by atoms with Crippen LogP contribution in [0.4, 0.5) is 0 Å². The van der Waals surface area contributed by atoms with E-state index in [0.29, 0.717) is 17.5 Å². The molecule has 0 N–H and O–H groups in total. The Hall–Kier alpha value is -7.63. The Labute approximate surface area is 373 Å². The van der Waals surface area contributed by atoms with Crippen molar-refractivity contribution < 1.29 is 4.42 Å². The van der Waals surface area contributed by atoms with Gasteiger partial charge >= 0.3 is 0 Å². The van der Waals surface area contributed by atoms with Crippen LogP contribution in [0.3, 0.4) is 0 Å². The van der Waals surface area contributed by atoms with Crippen LogP contribution in [0.15, 0.2) is 186 Å². The minimum absolute atomic E-state index is 0.00765. The first-order chi connectivity index (χ1) is 31.0. The first kappa shape index (κ1) is 39.2. The smallest absolute Gasteiger partial charge is 0.164 e. The molecular weight excluding hydrogens is 781 g/mol. The molecule has 0 radical (unpaired) electrons. The number of hydrogen-bond acceptors (Lipinski definition) is 4. The Morgan fingerprint density at radius 1 is 0.375 bits per heavy atom. The van der Waals surface area contributed by atoms with Crippen molar-refractivity contribution in [2.24, 2.45) is 0 Å². The van der Waals surface area contributed by atoms with Gasteiger partial charge in [-0.3, -0.25) is 0 Å². The molecule has 0 atom stereocenters. The number of furan rings is 1. The maximum Gasteiger partial charge on any atom is 0.164 e. The normalized spacial score (nSPS) is 12.2. The summed E-state index contributed by atoms with van der Waals surface area (Å²) in [4.78, 5) is 15.0. The molecule has 0 unspecified atom stereocenters. The second-order valence-electron chi connectivity index (χ2n) is 19.0. The minimum atomic E-state index is 0.00765. The second-order valence-corrected chi connectivity index (χ2v) is 19.0. The van der Waals surface area contributed by atoms with Crippen LogP contribution in [0.25, 0.3) is 106 Å². The Morgan fingerprint density at radius 2 is 0.906 bits per heavy atom. The summed E-state index contributed by atoms with van der Waals surface area (Å²) >= 11 is 0. The summed E-state index contributed by atoms with van der Waals surface area (Å²) in [6.45, 7) is 13.8. The molecule has 0 saturated heterocycles. The number of nitrogens with zero attached hydrogens (tertiary/aromatic N) is 4. The molecular formula is C59H48N4O. The number of hydrogen-bond donors (Lipinski definition) is 0. The van der Waals surface area contributed by atoms with Gasteiger partial charge in [0, 0.05) is 43.9 Å². The van der Waals surface area contributed by atoms with Crippen LogP contribution in [0.5, 0.6) is 0 Å². The summed E-state index contributed by atoms with van der Waals surface area (Å²) in [6, 6.07) is 64.5. The Balaban J connectivity index is 1.03. The molecule has 0 fully saturated rings. The number of rotatable bonds is 6. The molecule has 11 rings (SSSR count). The van der Waals surface area contributed by atoms with Gasteiger partial charge in [-0.05, 0) is 98.8 Å². The predicted molar refractivity (Wildman–Crippen MR) is 266 cm³/mol. The van der Waals surface area contributed by atoms with E-state index in [0.717, 1.165) is 60.9 Å². The van der Waals surface area contributed by atoms with E-state index in [9.17, 15) is 0 Å². The van der Waals surface area contributed by atoms with Gasteiger partial charge in [0.05, 0.1) is 11.0 Å². The molecule has 5 heteroatoms. The zero-order valence-corrected chi connectivity index (χ0v) is 37.0. The maximum atomic E-state index is 6.56. The standard InChI is InChI=1S/C59H48N4O/c1-58(2,3)43-34-44(59(4,5)6)36-45(35-43)63-50-25-14-13-23-47(50)48-32-39(27-29-51(48)63)40-28-30-52-49(33-40)54-46(24-16-26-53(54)64-52)41-21-15-22-42(31-41)57-61-55(37-17-9-7-10-18-37)60-56(62-57)38-19-11-8-12-20-38/h7-36H,1-6H3. The van der Waals surface area contributed by atoms with Crippen molar-refractivity contribution in [1.82, 2.24) is 19.5 Å². The van der Waals surface area contributed by atoms with Gasteiger partial charge in [-0.15, -0.1) is 0 Å². The van der Waals surface area contributed by atoms with E-state index in [1.807, 2.05) is 60.7 Å². The molecule has 11 aromatic rings. The predicted octanol–water partition coefficient (Wildman–Crippen LogP) is 15.8. The lowest BCUT2D eigenvalue weighted by Crippen LogP contribution is -2.17. The fourth-order valence-electron chi connectivity index (χ4n) is 9.05. The van der Waals surface area contributed by atoms with Crippen LogP contribution >= 0.6 is 0 Å². The topological polar surface area (TPSA) is 56.7 Å². The number of benzene rings is 8. The fraction of sp³-hybridized carbons (Fsp3) is 0.136. The number of aromatic nitrogens is 4. The summed E-state index contributed by atoms with van der Waals surface area (Å²) in [5.41, 5.74) is 15.2. The third-order valence-corrected chi connectivity index (χ3v) is 12.5. The van der Waals surface area contributed by atoms with Gasteiger partial charge in [0.25, 0.3) is 0 Å². The molecule has 0 aliphatic carbocycles. The van der Waals surface area contributed by atoms with Crippen molar-refractivity contribution in [2.75, 3.05) is 0 Å². The Kier molecular flexibility index (Phi) is 9.21. The number of para-hydroxylation sites is 1. The van der Waals surface area contributed by atoms with E-state index in [1.165, 1.54) is 38.6 Å². The molecule has 5 nitrogen and oxygen atoms in total. The lowest BCUT2D eigenvalue weighted by molar-refractivity contribution is 0.568. The minimum Gasteiger partial charge on any atom is -0.456 e. The summed E-state index contributed by atoms with van der Waals surface area (Å²) in [5, 5.41) is 4.61. The molecule has 8 aromatic carbocycles. The van der Waals surface area contributed by atoms with Gasteiger partial charge < -0.3 is 8.98 Å². The van der Waals surface area contributed by atoms with Crippen LogP contribution in [-0.2, 0) is 10.8 Å². The SMILES string of the molecule is CC(C)(C)c1cc(-n2c3ccccc3c3cc(-c4ccc5oc6cccc(-c7cccc(-c8nc(-c9ccccc9)nc(-c9ccccc9)n8)c7)c6c5c4)ccc32)cc(C(C)(C)C)c1. The second kappa shape index (κ2) is 15.0. The van der Waals surface area contributed by atoms with Crippen LogP contribution in [0.1, 0.15) is 52.7 Å². The number of fused-ring (bicyclic) bond motifs is 6. The monoisotopic (exact) mass is 828 g/mol. The zero-order valence-electron chi connectivity index (χ0n) is 37.0.